The summed E-state index contributed by atoms with van der Waals surface area (Å²) in [5.41, 5.74) is 10.6. The SMILES string of the molecule is CCn1nc(C)cc1CN(CCCN)c1cccc(C)c1. The first-order valence-corrected chi connectivity index (χ1v) is 7.69. The molecule has 0 aliphatic rings. The molecule has 0 fully saturated rings. The third kappa shape index (κ3) is 4.08. The van der Waals surface area contributed by atoms with Gasteiger partial charge < -0.3 is 10.6 Å². The van der Waals surface area contributed by atoms with Gasteiger partial charge in [-0.2, -0.15) is 5.10 Å². The summed E-state index contributed by atoms with van der Waals surface area (Å²) in [7, 11) is 0. The topological polar surface area (TPSA) is 47.1 Å². The van der Waals surface area contributed by atoms with Gasteiger partial charge in [0, 0.05) is 18.8 Å². The minimum absolute atomic E-state index is 0.717. The van der Waals surface area contributed by atoms with E-state index in [-0.39, 0.29) is 0 Å². The van der Waals surface area contributed by atoms with Crippen molar-refractivity contribution in [1.29, 1.82) is 0 Å². The highest BCUT2D eigenvalue weighted by Gasteiger charge is 2.11. The fourth-order valence-corrected chi connectivity index (χ4v) is 2.60. The molecule has 4 heteroatoms. The van der Waals surface area contributed by atoms with Crippen LogP contribution in [0.5, 0.6) is 0 Å². The number of hydrogen-bond donors (Lipinski definition) is 1. The van der Waals surface area contributed by atoms with Crippen LogP contribution in [0.4, 0.5) is 5.69 Å². The van der Waals surface area contributed by atoms with Gasteiger partial charge in [-0.25, -0.2) is 0 Å². The number of rotatable bonds is 7. The number of aromatic nitrogens is 2. The molecule has 0 atom stereocenters. The Morgan fingerprint density at radius 3 is 2.71 bits per heavy atom. The van der Waals surface area contributed by atoms with Gasteiger partial charge in [0.2, 0.25) is 0 Å². The summed E-state index contributed by atoms with van der Waals surface area (Å²) in [6.07, 6.45) is 0.993. The van der Waals surface area contributed by atoms with E-state index < -0.39 is 0 Å². The Labute approximate surface area is 127 Å². The monoisotopic (exact) mass is 286 g/mol. The van der Waals surface area contributed by atoms with E-state index in [1.165, 1.54) is 16.9 Å². The summed E-state index contributed by atoms with van der Waals surface area (Å²) < 4.78 is 2.08. The normalized spacial score (nSPS) is 10.9. The Kier molecular flexibility index (Phi) is 5.39. The van der Waals surface area contributed by atoms with Gasteiger partial charge in [0.25, 0.3) is 0 Å². The molecule has 4 nitrogen and oxygen atoms in total. The van der Waals surface area contributed by atoms with E-state index >= 15 is 0 Å². The van der Waals surface area contributed by atoms with Crippen LogP contribution in [0.1, 0.15) is 30.3 Å². The van der Waals surface area contributed by atoms with Gasteiger partial charge in [-0.05, 0) is 57.5 Å². The van der Waals surface area contributed by atoms with E-state index in [1.807, 2.05) is 6.92 Å². The summed E-state index contributed by atoms with van der Waals surface area (Å²) in [5, 5.41) is 4.54. The molecule has 0 radical (unpaired) electrons. The first-order valence-electron chi connectivity index (χ1n) is 7.69. The first-order chi connectivity index (χ1) is 10.1. The zero-order valence-corrected chi connectivity index (χ0v) is 13.3. The smallest absolute Gasteiger partial charge is 0.0599 e. The van der Waals surface area contributed by atoms with E-state index in [0.717, 1.165) is 31.7 Å². The number of nitrogens with two attached hydrogens (primary N) is 1. The van der Waals surface area contributed by atoms with Crippen LogP contribution in [0.15, 0.2) is 30.3 Å². The molecule has 0 amide bonds. The Morgan fingerprint density at radius 2 is 2.05 bits per heavy atom. The standard InChI is InChI=1S/C17H26N4/c1-4-21-17(12-15(3)19-21)13-20(10-6-9-18)16-8-5-7-14(2)11-16/h5,7-8,11-12H,4,6,9-10,13,18H2,1-3H3. The molecule has 2 N–H and O–H groups in total. The summed E-state index contributed by atoms with van der Waals surface area (Å²) in [6.45, 7) is 9.77. The van der Waals surface area contributed by atoms with E-state index in [9.17, 15) is 0 Å². The second kappa shape index (κ2) is 7.27. The minimum atomic E-state index is 0.717. The molecule has 2 aromatic rings. The predicted molar refractivity (Wildman–Crippen MR) is 88.5 cm³/mol. The summed E-state index contributed by atoms with van der Waals surface area (Å²) >= 11 is 0. The number of anilines is 1. The molecule has 2 rings (SSSR count). The second-order valence-corrected chi connectivity index (χ2v) is 5.50. The van der Waals surface area contributed by atoms with Crippen molar-refractivity contribution in [2.45, 2.75) is 40.3 Å². The quantitative estimate of drug-likeness (QED) is 0.851. The van der Waals surface area contributed by atoms with Gasteiger partial charge in [0.15, 0.2) is 0 Å². The fourth-order valence-electron chi connectivity index (χ4n) is 2.60. The van der Waals surface area contributed by atoms with Crippen LogP contribution in [0.2, 0.25) is 0 Å². The fraction of sp³-hybridized carbons (Fsp3) is 0.471. The molecular formula is C17H26N4. The highest BCUT2D eigenvalue weighted by Crippen LogP contribution is 2.19. The maximum Gasteiger partial charge on any atom is 0.0599 e. The van der Waals surface area contributed by atoms with Crippen molar-refractivity contribution in [2.75, 3.05) is 18.0 Å². The highest BCUT2D eigenvalue weighted by atomic mass is 15.3. The Balaban J connectivity index is 2.23. The van der Waals surface area contributed by atoms with Gasteiger partial charge in [-0.3, -0.25) is 4.68 Å². The van der Waals surface area contributed by atoms with Gasteiger partial charge in [-0.15, -0.1) is 0 Å². The van der Waals surface area contributed by atoms with E-state index in [2.05, 4.69) is 58.9 Å². The molecule has 0 saturated carbocycles. The molecular weight excluding hydrogens is 260 g/mol. The molecule has 0 spiro atoms. The molecule has 1 aromatic carbocycles. The molecule has 0 unspecified atom stereocenters. The number of aryl methyl sites for hydroxylation is 3. The number of hydrogen-bond acceptors (Lipinski definition) is 3. The largest absolute Gasteiger partial charge is 0.366 e. The van der Waals surface area contributed by atoms with Crippen molar-refractivity contribution in [3.8, 4) is 0 Å². The zero-order valence-electron chi connectivity index (χ0n) is 13.3. The highest BCUT2D eigenvalue weighted by molar-refractivity contribution is 5.48. The molecule has 0 saturated heterocycles. The van der Waals surface area contributed by atoms with Gasteiger partial charge in [-0.1, -0.05) is 12.1 Å². The third-order valence-corrected chi connectivity index (χ3v) is 3.64. The molecule has 1 heterocycles. The van der Waals surface area contributed by atoms with E-state index in [0.29, 0.717) is 6.54 Å². The van der Waals surface area contributed by atoms with Crippen molar-refractivity contribution >= 4 is 5.69 Å². The molecule has 0 aliphatic heterocycles. The van der Waals surface area contributed by atoms with Gasteiger partial charge >= 0.3 is 0 Å². The van der Waals surface area contributed by atoms with Gasteiger partial charge in [0.05, 0.1) is 17.9 Å². The molecule has 0 bridgehead atoms. The first kappa shape index (κ1) is 15.6. The van der Waals surface area contributed by atoms with E-state index in [1.54, 1.807) is 0 Å². The average Bonchev–Trinajstić information content (AvgIpc) is 2.83. The van der Waals surface area contributed by atoms with Crippen LogP contribution in [-0.4, -0.2) is 22.9 Å². The van der Waals surface area contributed by atoms with Crippen molar-refractivity contribution in [2.24, 2.45) is 5.73 Å². The zero-order chi connectivity index (χ0) is 15.2. The summed E-state index contributed by atoms with van der Waals surface area (Å²) in [5.74, 6) is 0. The molecule has 0 aliphatic carbocycles. The molecule has 114 valence electrons. The Bertz CT molecular complexity index is 574. The number of nitrogens with zero attached hydrogens (tertiary/aromatic N) is 3. The second-order valence-electron chi connectivity index (χ2n) is 5.50. The van der Waals surface area contributed by atoms with Crippen LogP contribution < -0.4 is 10.6 Å². The van der Waals surface area contributed by atoms with Crippen molar-refractivity contribution in [3.63, 3.8) is 0 Å². The van der Waals surface area contributed by atoms with Gasteiger partial charge in [0.1, 0.15) is 0 Å². The van der Waals surface area contributed by atoms with Crippen LogP contribution in [-0.2, 0) is 13.1 Å². The predicted octanol–water partition coefficient (Wildman–Crippen LogP) is 2.88. The molecule has 1 aromatic heterocycles. The lowest BCUT2D eigenvalue weighted by Gasteiger charge is -2.25. The lowest BCUT2D eigenvalue weighted by Crippen LogP contribution is -2.27. The average molecular weight is 286 g/mol. The summed E-state index contributed by atoms with van der Waals surface area (Å²) in [4.78, 5) is 2.39. The Hall–Kier alpha value is -1.81. The van der Waals surface area contributed by atoms with Crippen molar-refractivity contribution in [1.82, 2.24) is 9.78 Å². The van der Waals surface area contributed by atoms with Crippen molar-refractivity contribution in [3.05, 3.63) is 47.3 Å². The van der Waals surface area contributed by atoms with Crippen LogP contribution in [0, 0.1) is 13.8 Å². The molecule has 21 heavy (non-hydrogen) atoms. The lowest BCUT2D eigenvalue weighted by atomic mass is 10.2. The Morgan fingerprint density at radius 1 is 1.24 bits per heavy atom. The number of benzene rings is 1. The van der Waals surface area contributed by atoms with Crippen LogP contribution in [0.3, 0.4) is 0 Å². The van der Waals surface area contributed by atoms with E-state index in [4.69, 9.17) is 5.73 Å². The van der Waals surface area contributed by atoms with Crippen LogP contribution >= 0.6 is 0 Å². The maximum atomic E-state index is 5.69. The third-order valence-electron chi connectivity index (χ3n) is 3.64. The lowest BCUT2D eigenvalue weighted by molar-refractivity contribution is 0.602. The van der Waals surface area contributed by atoms with Crippen LogP contribution in [0.25, 0.3) is 0 Å². The minimum Gasteiger partial charge on any atom is -0.366 e. The summed E-state index contributed by atoms with van der Waals surface area (Å²) in [6, 6.07) is 10.8. The maximum absolute atomic E-state index is 5.69. The van der Waals surface area contributed by atoms with Crippen molar-refractivity contribution < 1.29 is 0 Å².